The zero-order chi connectivity index (χ0) is 19.9. The number of thioether (sulfide) groups is 1. The molecule has 3 rings (SSSR count). The molecule has 0 aliphatic rings. The van der Waals surface area contributed by atoms with Crippen molar-refractivity contribution in [2.24, 2.45) is 0 Å². The molecule has 1 amide bonds. The van der Waals surface area contributed by atoms with Gasteiger partial charge in [-0.05, 0) is 32.9 Å². The molecule has 0 saturated heterocycles. The van der Waals surface area contributed by atoms with Gasteiger partial charge in [-0.25, -0.2) is 0 Å². The Morgan fingerprint density at radius 2 is 1.82 bits per heavy atom. The summed E-state index contributed by atoms with van der Waals surface area (Å²) in [7, 11) is 0. The first-order valence-corrected chi connectivity index (χ1v) is 10.2. The number of nitrogens with zero attached hydrogens (tertiary/aromatic N) is 3. The molecule has 0 unspecified atom stereocenters. The standard InChI is InChI=1S/C21H24N4O2S/c1-4-25-19(16-11-7-6-8-12-16)23-24-21(25)28-15(3)20(26)22-17-13-9-10-14-18(17)27-5-2/h6-15H,4-5H2,1-3H3,(H,22,26)/t15-/m1/s1. The van der Waals surface area contributed by atoms with E-state index in [2.05, 4.69) is 15.5 Å². The average molecular weight is 397 g/mol. The Labute approximate surface area is 169 Å². The van der Waals surface area contributed by atoms with Crippen molar-refractivity contribution in [2.45, 2.75) is 37.7 Å². The average Bonchev–Trinajstić information content (AvgIpc) is 3.12. The molecule has 0 aliphatic carbocycles. The van der Waals surface area contributed by atoms with Crippen LogP contribution in [0.15, 0.2) is 59.8 Å². The molecule has 1 atom stereocenters. The van der Waals surface area contributed by atoms with E-state index in [9.17, 15) is 4.79 Å². The molecule has 146 valence electrons. The first-order valence-electron chi connectivity index (χ1n) is 9.32. The Hall–Kier alpha value is -2.80. The van der Waals surface area contributed by atoms with E-state index in [1.165, 1.54) is 11.8 Å². The van der Waals surface area contributed by atoms with Crippen molar-refractivity contribution in [3.8, 4) is 17.1 Å². The predicted molar refractivity (Wildman–Crippen MR) is 113 cm³/mol. The zero-order valence-corrected chi connectivity index (χ0v) is 17.1. The van der Waals surface area contributed by atoms with Crippen molar-refractivity contribution in [1.82, 2.24) is 14.8 Å². The summed E-state index contributed by atoms with van der Waals surface area (Å²) in [5.41, 5.74) is 1.68. The SMILES string of the molecule is CCOc1ccccc1NC(=O)[C@@H](C)Sc1nnc(-c2ccccc2)n1CC. The first kappa shape index (κ1) is 19.9. The predicted octanol–water partition coefficient (Wildman–Crippen LogP) is 4.48. The lowest BCUT2D eigenvalue weighted by Gasteiger charge is -2.15. The van der Waals surface area contributed by atoms with E-state index in [1.807, 2.05) is 79.9 Å². The highest BCUT2D eigenvalue weighted by Gasteiger charge is 2.21. The maximum absolute atomic E-state index is 12.7. The molecule has 1 aromatic heterocycles. The van der Waals surface area contributed by atoms with Gasteiger partial charge >= 0.3 is 0 Å². The molecule has 28 heavy (non-hydrogen) atoms. The fourth-order valence-electron chi connectivity index (χ4n) is 2.76. The third-order valence-electron chi connectivity index (χ3n) is 4.16. The Balaban J connectivity index is 1.74. The molecular weight excluding hydrogens is 372 g/mol. The third kappa shape index (κ3) is 4.54. The highest BCUT2D eigenvalue weighted by atomic mass is 32.2. The number of carbonyl (C=O) groups excluding carboxylic acids is 1. The van der Waals surface area contributed by atoms with Crippen LogP contribution in [0.25, 0.3) is 11.4 Å². The second kappa shape index (κ2) is 9.41. The maximum atomic E-state index is 12.7. The van der Waals surface area contributed by atoms with Crippen LogP contribution in [0.1, 0.15) is 20.8 Å². The normalized spacial score (nSPS) is 11.8. The van der Waals surface area contributed by atoms with Crippen LogP contribution in [0.2, 0.25) is 0 Å². The van der Waals surface area contributed by atoms with Gasteiger partial charge < -0.3 is 14.6 Å². The second-order valence-electron chi connectivity index (χ2n) is 6.09. The number of anilines is 1. The van der Waals surface area contributed by atoms with Gasteiger partial charge in [0.05, 0.1) is 17.5 Å². The molecule has 7 heteroatoms. The van der Waals surface area contributed by atoms with Crippen LogP contribution < -0.4 is 10.1 Å². The highest BCUT2D eigenvalue weighted by molar-refractivity contribution is 8.00. The van der Waals surface area contributed by atoms with Crippen LogP contribution in [0.3, 0.4) is 0 Å². The summed E-state index contributed by atoms with van der Waals surface area (Å²) in [4.78, 5) is 12.7. The summed E-state index contributed by atoms with van der Waals surface area (Å²) < 4.78 is 7.60. The summed E-state index contributed by atoms with van der Waals surface area (Å²) in [6.45, 7) is 7.09. The van der Waals surface area contributed by atoms with Crippen LogP contribution in [0.4, 0.5) is 5.69 Å². The summed E-state index contributed by atoms with van der Waals surface area (Å²) in [5, 5.41) is 12.0. The van der Waals surface area contributed by atoms with Crippen molar-refractivity contribution in [1.29, 1.82) is 0 Å². The number of amides is 1. The summed E-state index contributed by atoms with van der Waals surface area (Å²) in [6, 6.07) is 17.4. The smallest absolute Gasteiger partial charge is 0.237 e. The number of para-hydroxylation sites is 2. The molecule has 0 radical (unpaired) electrons. The van der Waals surface area contributed by atoms with Crippen LogP contribution >= 0.6 is 11.8 Å². The fourth-order valence-corrected chi connectivity index (χ4v) is 3.67. The van der Waals surface area contributed by atoms with Gasteiger partial charge in [0.15, 0.2) is 11.0 Å². The highest BCUT2D eigenvalue weighted by Crippen LogP contribution is 2.29. The van der Waals surface area contributed by atoms with Crippen molar-refractivity contribution < 1.29 is 9.53 Å². The van der Waals surface area contributed by atoms with Crippen molar-refractivity contribution >= 4 is 23.4 Å². The second-order valence-corrected chi connectivity index (χ2v) is 7.40. The molecule has 0 saturated carbocycles. The Kier molecular flexibility index (Phi) is 6.71. The topological polar surface area (TPSA) is 69.0 Å². The Morgan fingerprint density at radius 1 is 1.11 bits per heavy atom. The molecule has 0 fully saturated rings. The molecule has 0 bridgehead atoms. The minimum Gasteiger partial charge on any atom is -0.492 e. The Bertz CT molecular complexity index is 927. The lowest BCUT2D eigenvalue weighted by molar-refractivity contribution is -0.115. The Morgan fingerprint density at radius 3 is 2.54 bits per heavy atom. The van der Waals surface area contributed by atoms with Gasteiger partial charge in [-0.1, -0.05) is 54.2 Å². The molecule has 0 spiro atoms. The van der Waals surface area contributed by atoms with Crippen LogP contribution in [0.5, 0.6) is 5.75 Å². The lowest BCUT2D eigenvalue weighted by Crippen LogP contribution is -2.23. The van der Waals surface area contributed by atoms with Gasteiger partial charge in [-0.2, -0.15) is 0 Å². The molecule has 3 aromatic rings. The molecule has 2 aromatic carbocycles. The van der Waals surface area contributed by atoms with Gasteiger partial charge in [0.2, 0.25) is 5.91 Å². The van der Waals surface area contributed by atoms with Crippen LogP contribution in [-0.4, -0.2) is 32.5 Å². The summed E-state index contributed by atoms with van der Waals surface area (Å²) in [6.07, 6.45) is 0. The minimum atomic E-state index is -0.340. The van der Waals surface area contributed by atoms with Gasteiger partial charge in [0, 0.05) is 12.1 Å². The number of benzene rings is 2. The monoisotopic (exact) mass is 396 g/mol. The van der Waals surface area contributed by atoms with E-state index in [0.29, 0.717) is 18.0 Å². The number of rotatable bonds is 8. The van der Waals surface area contributed by atoms with E-state index < -0.39 is 0 Å². The minimum absolute atomic E-state index is 0.107. The summed E-state index contributed by atoms with van der Waals surface area (Å²) >= 11 is 1.39. The van der Waals surface area contributed by atoms with Gasteiger partial charge in [0.25, 0.3) is 0 Å². The number of ether oxygens (including phenoxy) is 1. The number of hydrogen-bond donors (Lipinski definition) is 1. The maximum Gasteiger partial charge on any atom is 0.237 e. The summed E-state index contributed by atoms with van der Waals surface area (Å²) in [5.74, 6) is 1.36. The lowest BCUT2D eigenvalue weighted by atomic mass is 10.2. The molecule has 1 N–H and O–H groups in total. The molecule has 0 aliphatic heterocycles. The van der Waals surface area contributed by atoms with E-state index in [4.69, 9.17) is 4.74 Å². The van der Waals surface area contributed by atoms with E-state index in [-0.39, 0.29) is 11.2 Å². The zero-order valence-electron chi connectivity index (χ0n) is 16.3. The van der Waals surface area contributed by atoms with Gasteiger partial charge in [-0.3, -0.25) is 4.79 Å². The number of carbonyl (C=O) groups is 1. The number of nitrogens with one attached hydrogen (secondary N) is 1. The number of aromatic nitrogens is 3. The first-order chi connectivity index (χ1) is 13.6. The fraction of sp³-hybridized carbons (Fsp3) is 0.286. The van der Waals surface area contributed by atoms with Crippen LogP contribution in [-0.2, 0) is 11.3 Å². The van der Waals surface area contributed by atoms with Crippen molar-refractivity contribution in [3.63, 3.8) is 0 Å². The number of hydrogen-bond acceptors (Lipinski definition) is 5. The molecule has 6 nitrogen and oxygen atoms in total. The molecular formula is C21H24N4O2S. The van der Waals surface area contributed by atoms with Gasteiger partial charge in [0.1, 0.15) is 5.75 Å². The van der Waals surface area contributed by atoms with E-state index >= 15 is 0 Å². The van der Waals surface area contributed by atoms with E-state index in [1.54, 1.807) is 0 Å². The molecule has 1 heterocycles. The largest absolute Gasteiger partial charge is 0.492 e. The van der Waals surface area contributed by atoms with E-state index in [0.717, 1.165) is 23.1 Å². The van der Waals surface area contributed by atoms with Crippen LogP contribution in [0, 0.1) is 0 Å². The van der Waals surface area contributed by atoms with Crippen molar-refractivity contribution in [2.75, 3.05) is 11.9 Å². The van der Waals surface area contributed by atoms with Gasteiger partial charge in [-0.15, -0.1) is 10.2 Å². The van der Waals surface area contributed by atoms with Crippen molar-refractivity contribution in [3.05, 3.63) is 54.6 Å². The quantitative estimate of drug-likeness (QED) is 0.569. The third-order valence-corrected chi connectivity index (χ3v) is 5.24.